The monoisotopic (exact) mass is 240 g/mol. The summed E-state index contributed by atoms with van der Waals surface area (Å²) in [7, 11) is 0. The van der Waals surface area contributed by atoms with E-state index in [-0.39, 0.29) is 11.4 Å². The highest BCUT2D eigenvalue weighted by Crippen LogP contribution is 2.32. The molecule has 1 aromatic heterocycles. The van der Waals surface area contributed by atoms with E-state index in [0.29, 0.717) is 16.4 Å². The molecule has 88 valence electrons. The number of carbonyl (C=O) groups excluding carboxylic acids is 2. The lowest BCUT2D eigenvalue weighted by Crippen LogP contribution is -2.15. The molecule has 16 heavy (non-hydrogen) atoms. The molecule has 0 amide bonds. The van der Waals surface area contributed by atoms with Gasteiger partial charge in [-0.1, -0.05) is 20.8 Å². The number of thiophene rings is 1. The van der Waals surface area contributed by atoms with Crippen LogP contribution >= 0.6 is 11.3 Å². The minimum absolute atomic E-state index is 0.167. The standard InChI is InChI=1S/C12H16O3S/c1-5-15-11(14)10-9(12(2,3)4)6-8(7-13)16-10/h6-7H,5H2,1-4H3. The van der Waals surface area contributed by atoms with Gasteiger partial charge in [0.15, 0.2) is 6.29 Å². The third-order valence-electron chi connectivity index (χ3n) is 2.14. The molecule has 0 N–H and O–H groups in total. The van der Waals surface area contributed by atoms with Crippen LogP contribution in [0, 0.1) is 0 Å². The van der Waals surface area contributed by atoms with Gasteiger partial charge in [0, 0.05) is 0 Å². The summed E-state index contributed by atoms with van der Waals surface area (Å²) in [5, 5.41) is 0. The second-order valence-corrected chi connectivity index (χ2v) is 5.56. The molecule has 0 spiro atoms. The van der Waals surface area contributed by atoms with Crippen molar-refractivity contribution in [3.63, 3.8) is 0 Å². The predicted octanol–water partition coefficient (Wildman–Crippen LogP) is 3.03. The number of hydrogen-bond acceptors (Lipinski definition) is 4. The molecule has 1 rings (SSSR count). The van der Waals surface area contributed by atoms with Crippen LogP contribution in [-0.2, 0) is 10.2 Å². The topological polar surface area (TPSA) is 43.4 Å². The zero-order chi connectivity index (χ0) is 12.3. The van der Waals surface area contributed by atoms with Crippen molar-refractivity contribution < 1.29 is 14.3 Å². The van der Waals surface area contributed by atoms with E-state index in [1.807, 2.05) is 20.8 Å². The summed E-state index contributed by atoms with van der Waals surface area (Å²) < 4.78 is 4.98. The van der Waals surface area contributed by atoms with Crippen molar-refractivity contribution in [2.45, 2.75) is 33.1 Å². The predicted molar refractivity (Wildman–Crippen MR) is 64.4 cm³/mol. The molecule has 4 heteroatoms. The second-order valence-electron chi connectivity index (χ2n) is 4.48. The summed E-state index contributed by atoms with van der Waals surface area (Å²) >= 11 is 1.19. The number of carbonyl (C=O) groups is 2. The van der Waals surface area contributed by atoms with Gasteiger partial charge in [0.2, 0.25) is 0 Å². The molecular formula is C12H16O3S. The van der Waals surface area contributed by atoms with Crippen molar-refractivity contribution in [2.75, 3.05) is 6.61 Å². The molecule has 0 unspecified atom stereocenters. The number of ether oxygens (including phenoxy) is 1. The molecule has 0 bridgehead atoms. The smallest absolute Gasteiger partial charge is 0.348 e. The van der Waals surface area contributed by atoms with Gasteiger partial charge in [0.05, 0.1) is 11.5 Å². The average molecular weight is 240 g/mol. The second kappa shape index (κ2) is 4.78. The Hall–Kier alpha value is -1.16. The molecule has 0 saturated carbocycles. The largest absolute Gasteiger partial charge is 0.462 e. The van der Waals surface area contributed by atoms with Crippen LogP contribution in [0.2, 0.25) is 0 Å². The maximum absolute atomic E-state index is 11.7. The van der Waals surface area contributed by atoms with Crippen LogP contribution in [0.15, 0.2) is 6.07 Å². The van der Waals surface area contributed by atoms with E-state index >= 15 is 0 Å². The lowest BCUT2D eigenvalue weighted by atomic mass is 9.87. The summed E-state index contributed by atoms with van der Waals surface area (Å²) in [4.78, 5) is 23.6. The third-order valence-corrected chi connectivity index (χ3v) is 3.18. The molecule has 0 radical (unpaired) electrons. The minimum Gasteiger partial charge on any atom is -0.462 e. The Kier molecular flexibility index (Phi) is 3.86. The van der Waals surface area contributed by atoms with Gasteiger partial charge in [-0.15, -0.1) is 11.3 Å². The molecule has 0 saturated heterocycles. The van der Waals surface area contributed by atoms with Crippen LogP contribution in [0.1, 0.15) is 52.6 Å². The molecule has 0 aliphatic carbocycles. The Morgan fingerprint density at radius 2 is 2.12 bits per heavy atom. The fraction of sp³-hybridized carbons (Fsp3) is 0.500. The van der Waals surface area contributed by atoms with E-state index in [0.717, 1.165) is 11.8 Å². The summed E-state index contributed by atoms with van der Waals surface area (Å²) in [6.07, 6.45) is 0.767. The lowest BCUT2D eigenvalue weighted by molar-refractivity contribution is 0.0529. The normalized spacial score (nSPS) is 11.2. The van der Waals surface area contributed by atoms with Crippen molar-refractivity contribution in [1.29, 1.82) is 0 Å². The Labute approximate surface area is 99.4 Å². The van der Waals surface area contributed by atoms with E-state index in [2.05, 4.69) is 0 Å². The zero-order valence-corrected chi connectivity index (χ0v) is 10.8. The fourth-order valence-corrected chi connectivity index (χ4v) is 2.45. The van der Waals surface area contributed by atoms with E-state index in [1.54, 1.807) is 13.0 Å². The first-order chi connectivity index (χ1) is 7.40. The first-order valence-electron chi connectivity index (χ1n) is 5.16. The van der Waals surface area contributed by atoms with Gasteiger partial charge >= 0.3 is 5.97 Å². The molecular weight excluding hydrogens is 224 g/mol. The molecule has 0 aliphatic heterocycles. The van der Waals surface area contributed by atoms with Crippen LogP contribution in [0.4, 0.5) is 0 Å². The van der Waals surface area contributed by atoms with Gasteiger partial charge in [-0.3, -0.25) is 4.79 Å². The van der Waals surface area contributed by atoms with Crippen molar-refractivity contribution in [2.24, 2.45) is 0 Å². The van der Waals surface area contributed by atoms with Gasteiger partial charge in [-0.2, -0.15) is 0 Å². The number of rotatable bonds is 3. The average Bonchev–Trinajstić information content (AvgIpc) is 2.61. The number of esters is 1. The summed E-state index contributed by atoms with van der Waals surface area (Å²) in [6, 6.07) is 1.77. The van der Waals surface area contributed by atoms with E-state index in [9.17, 15) is 9.59 Å². The Bertz CT molecular complexity index is 399. The van der Waals surface area contributed by atoms with E-state index in [1.165, 1.54) is 11.3 Å². The van der Waals surface area contributed by atoms with Crippen LogP contribution < -0.4 is 0 Å². The van der Waals surface area contributed by atoms with Gasteiger partial charge in [-0.05, 0) is 24.0 Å². The molecule has 0 fully saturated rings. The summed E-state index contributed by atoms with van der Waals surface area (Å²) in [5.41, 5.74) is 0.706. The third kappa shape index (κ3) is 2.70. The van der Waals surface area contributed by atoms with Crippen molar-refractivity contribution in [3.05, 3.63) is 21.4 Å². The Morgan fingerprint density at radius 1 is 1.50 bits per heavy atom. The lowest BCUT2D eigenvalue weighted by Gasteiger charge is -2.18. The van der Waals surface area contributed by atoms with Gasteiger partial charge in [-0.25, -0.2) is 4.79 Å². The SMILES string of the molecule is CCOC(=O)c1sc(C=O)cc1C(C)(C)C. The van der Waals surface area contributed by atoms with Crippen LogP contribution in [-0.4, -0.2) is 18.9 Å². The Morgan fingerprint density at radius 3 is 2.56 bits per heavy atom. The molecule has 1 heterocycles. The van der Waals surface area contributed by atoms with E-state index in [4.69, 9.17) is 4.74 Å². The van der Waals surface area contributed by atoms with Gasteiger partial charge in [0.1, 0.15) is 4.88 Å². The highest BCUT2D eigenvalue weighted by Gasteiger charge is 2.25. The maximum Gasteiger partial charge on any atom is 0.348 e. The quantitative estimate of drug-likeness (QED) is 0.602. The fourth-order valence-electron chi connectivity index (χ4n) is 1.37. The summed E-state index contributed by atoms with van der Waals surface area (Å²) in [6.45, 7) is 8.13. The highest BCUT2D eigenvalue weighted by atomic mass is 32.1. The van der Waals surface area contributed by atoms with Gasteiger partial charge in [0.25, 0.3) is 0 Å². The molecule has 0 aromatic carbocycles. The van der Waals surface area contributed by atoms with Crippen molar-refractivity contribution >= 4 is 23.6 Å². The van der Waals surface area contributed by atoms with E-state index < -0.39 is 0 Å². The minimum atomic E-state index is -0.342. The highest BCUT2D eigenvalue weighted by molar-refractivity contribution is 7.15. The number of aldehydes is 1. The number of hydrogen-bond donors (Lipinski definition) is 0. The molecule has 0 atom stereocenters. The first-order valence-corrected chi connectivity index (χ1v) is 5.98. The molecule has 0 aliphatic rings. The zero-order valence-electron chi connectivity index (χ0n) is 9.99. The van der Waals surface area contributed by atoms with Crippen LogP contribution in [0.3, 0.4) is 0 Å². The molecule has 3 nitrogen and oxygen atoms in total. The maximum atomic E-state index is 11.7. The van der Waals surface area contributed by atoms with Crippen molar-refractivity contribution in [3.8, 4) is 0 Å². The van der Waals surface area contributed by atoms with Crippen molar-refractivity contribution in [1.82, 2.24) is 0 Å². The summed E-state index contributed by atoms with van der Waals surface area (Å²) in [5.74, 6) is -0.342. The van der Waals surface area contributed by atoms with Crippen LogP contribution in [0.5, 0.6) is 0 Å². The van der Waals surface area contributed by atoms with Crippen LogP contribution in [0.25, 0.3) is 0 Å². The first kappa shape index (κ1) is 12.9. The Balaban J connectivity index is 3.20. The molecule has 1 aromatic rings. The van der Waals surface area contributed by atoms with Gasteiger partial charge < -0.3 is 4.74 Å².